The summed E-state index contributed by atoms with van der Waals surface area (Å²) in [7, 11) is 1.61. The van der Waals surface area contributed by atoms with Gasteiger partial charge in [-0.3, -0.25) is 4.90 Å². The number of ether oxygens (including phenoxy) is 1. The smallest absolute Gasteiger partial charge is 0.316 e. The van der Waals surface area contributed by atoms with Crippen LogP contribution >= 0.6 is 0 Å². The van der Waals surface area contributed by atoms with Gasteiger partial charge in [0.2, 0.25) is 0 Å². The molecular formula is C15H25N3O. The summed E-state index contributed by atoms with van der Waals surface area (Å²) in [6.45, 7) is 9.06. The fraction of sp³-hybridized carbons (Fsp3) is 0.733. The Kier molecular flexibility index (Phi) is 4.40. The Morgan fingerprint density at radius 2 is 2.21 bits per heavy atom. The van der Waals surface area contributed by atoms with E-state index in [0.717, 1.165) is 18.8 Å². The summed E-state index contributed by atoms with van der Waals surface area (Å²) in [4.78, 5) is 11.1. The van der Waals surface area contributed by atoms with Gasteiger partial charge in [-0.2, -0.15) is 4.98 Å². The molecule has 0 aliphatic carbocycles. The molecule has 1 atom stereocenters. The largest absolute Gasteiger partial charge is 0.467 e. The predicted molar refractivity (Wildman–Crippen MR) is 76.1 cm³/mol. The first kappa shape index (κ1) is 14.3. The van der Waals surface area contributed by atoms with Gasteiger partial charge in [-0.1, -0.05) is 20.3 Å². The van der Waals surface area contributed by atoms with Gasteiger partial charge in [0.15, 0.2) is 0 Å². The summed E-state index contributed by atoms with van der Waals surface area (Å²) in [5.41, 5.74) is 1.32. The number of piperidine rings is 1. The van der Waals surface area contributed by atoms with E-state index >= 15 is 0 Å². The molecule has 1 aliphatic rings. The normalized spacial score (nSPS) is 24.7. The number of nitrogens with zero attached hydrogens (tertiary/aromatic N) is 3. The lowest BCUT2D eigenvalue weighted by Crippen LogP contribution is -2.52. The van der Waals surface area contributed by atoms with Crippen LogP contribution in [0.3, 0.4) is 0 Å². The molecule has 0 N–H and O–H groups in total. The minimum Gasteiger partial charge on any atom is -0.467 e. The molecule has 1 aliphatic heterocycles. The van der Waals surface area contributed by atoms with Crippen LogP contribution in [0, 0.1) is 5.92 Å². The topological polar surface area (TPSA) is 38.2 Å². The second-order valence-electron chi connectivity index (χ2n) is 5.93. The number of aromatic nitrogens is 2. The number of hydrogen-bond donors (Lipinski definition) is 0. The fourth-order valence-electron chi connectivity index (χ4n) is 2.87. The Bertz CT molecular complexity index is 422. The average Bonchev–Trinajstić information content (AvgIpc) is 2.41. The second kappa shape index (κ2) is 5.87. The van der Waals surface area contributed by atoms with Gasteiger partial charge in [0.05, 0.1) is 12.8 Å². The number of hydrogen-bond acceptors (Lipinski definition) is 4. The third kappa shape index (κ3) is 3.06. The summed E-state index contributed by atoms with van der Waals surface area (Å²) < 4.78 is 5.10. The van der Waals surface area contributed by atoms with E-state index < -0.39 is 0 Å². The lowest BCUT2D eigenvalue weighted by molar-refractivity contribution is 0.0152. The van der Waals surface area contributed by atoms with E-state index in [-0.39, 0.29) is 5.54 Å². The van der Waals surface area contributed by atoms with E-state index in [1.807, 2.05) is 6.07 Å². The van der Waals surface area contributed by atoms with E-state index in [4.69, 9.17) is 4.74 Å². The third-order valence-corrected chi connectivity index (χ3v) is 4.55. The highest BCUT2D eigenvalue weighted by molar-refractivity contribution is 5.07. The highest BCUT2D eigenvalue weighted by Gasteiger charge is 2.37. The molecule has 19 heavy (non-hydrogen) atoms. The highest BCUT2D eigenvalue weighted by Crippen LogP contribution is 2.35. The second-order valence-corrected chi connectivity index (χ2v) is 5.93. The van der Waals surface area contributed by atoms with Gasteiger partial charge in [0.25, 0.3) is 0 Å². The van der Waals surface area contributed by atoms with Crippen LogP contribution in [-0.2, 0) is 6.54 Å². The van der Waals surface area contributed by atoms with E-state index in [9.17, 15) is 0 Å². The monoisotopic (exact) mass is 263 g/mol. The molecule has 0 amide bonds. The SMILES string of the molecule is COc1nccc(CN2CCCCC2(C)C(C)C)n1. The zero-order chi connectivity index (χ0) is 13.9. The fourth-order valence-corrected chi connectivity index (χ4v) is 2.87. The maximum Gasteiger partial charge on any atom is 0.316 e. The standard InChI is InChI=1S/C15H25N3O/c1-12(2)15(3)8-5-6-10-18(15)11-13-7-9-16-14(17-13)19-4/h7,9,12H,5-6,8,10-11H2,1-4H3. The minimum atomic E-state index is 0.274. The Morgan fingerprint density at radius 3 is 2.89 bits per heavy atom. The molecule has 0 spiro atoms. The van der Waals surface area contributed by atoms with Crippen molar-refractivity contribution < 1.29 is 4.74 Å². The summed E-state index contributed by atoms with van der Waals surface area (Å²) >= 11 is 0. The lowest BCUT2D eigenvalue weighted by Gasteiger charge is -2.47. The van der Waals surface area contributed by atoms with Gasteiger partial charge >= 0.3 is 6.01 Å². The maximum atomic E-state index is 5.10. The molecule has 106 valence electrons. The van der Waals surface area contributed by atoms with Crippen LogP contribution in [0.25, 0.3) is 0 Å². The van der Waals surface area contributed by atoms with Crippen molar-refractivity contribution in [2.24, 2.45) is 5.92 Å². The molecular weight excluding hydrogens is 238 g/mol. The molecule has 1 aromatic heterocycles. The van der Waals surface area contributed by atoms with Crippen molar-refractivity contribution in [3.63, 3.8) is 0 Å². The van der Waals surface area contributed by atoms with Gasteiger partial charge in [-0.15, -0.1) is 0 Å². The Morgan fingerprint density at radius 1 is 1.42 bits per heavy atom. The van der Waals surface area contributed by atoms with Crippen molar-refractivity contribution in [2.75, 3.05) is 13.7 Å². The number of methoxy groups -OCH3 is 1. The Labute approximate surface area is 116 Å². The van der Waals surface area contributed by atoms with Crippen molar-refractivity contribution in [1.29, 1.82) is 0 Å². The summed E-state index contributed by atoms with van der Waals surface area (Å²) in [5, 5.41) is 0. The van der Waals surface area contributed by atoms with E-state index in [0.29, 0.717) is 11.9 Å². The van der Waals surface area contributed by atoms with Crippen molar-refractivity contribution in [1.82, 2.24) is 14.9 Å². The first-order chi connectivity index (χ1) is 9.06. The van der Waals surface area contributed by atoms with Gasteiger partial charge in [-0.25, -0.2) is 4.98 Å². The first-order valence-corrected chi connectivity index (χ1v) is 7.17. The Balaban J connectivity index is 2.15. The highest BCUT2D eigenvalue weighted by atomic mass is 16.5. The summed E-state index contributed by atoms with van der Waals surface area (Å²) in [6.07, 6.45) is 5.66. The molecule has 1 unspecified atom stereocenters. The maximum absolute atomic E-state index is 5.10. The Hall–Kier alpha value is -1.16. The molecule has 0 saturated carbocycles. The summed E-state index contributed by atoms with van der Waals surface area (Å²) in [5.74, 6) is 0.650. The predicted octanol–water partition coefficient (Wildman–Crippen LogP) is 2.89. The van der Waals surface area contributed by atoms with Gasteiger partial charge in [0, 0.05) is 18.3 Å². The van der Waals surface area contributed by atoms with Crippen LogP contribution in [0.1, 0.15) is 45.7 Å². The van der Waals surface area contributed by atoms with Crippen LogP contribution < -0.4 is 4.74 Å². The van der Waals surface area contributed by atoms with Crippen molar-refractivity contribution in [3.8, 4) is 6.01 Å². The van der Waals surface area contributed by atoms with Gasteiger partial charge < -0.3 is 4.74 Å². The third-order valence-electron chi connectivity index (χ3n) is 4.55. The molecule has 2 heterocycles. The van der Waals surface area contributed by atoms with Crippen LogP contribution in [0.5, 0.6) is 6.01 Å². The zero-order valence-electron chi connectivity index (χ0n) is 12.5. The molecule has 0 aromatic carbocycles. The van der Waals surface area contributed by atoms with E-state index in [1.54, 1.807) is 13.3 Å². The molecule has 4 nitrogen and oxygen atoms in total. The molecule has 1 aromatic rings. The van der Waals surface area contributed by atoms with Gasteiger partial charge in [-0.05, 0) is 38.3 Å². The number of rotatable bonds is 4. The van der Waals surface area contributed by atoms with Crippen LogP contribution in [0.4, 0.5) is 0 Å². The number of likely N-dealkylation sites (tertiary alicyclic amines) is 1. The summed E-state index contributed by atoms with van der Waals surface area (Å²) in [6, 6.07) is 2.44. The average molecular weight is 263 g/mol. The lowest BCUT2D eigenvalue weighted by atomic mass is 9.79. The van der Waals surface area contributed by atoms with Crippen LogP contribution in [0.15, 0.2) is 12.3 Å². The quantitative estimate of drug-likeness (QED) is 0.837. The molecule has 0 bridgehead atoms. The zero-order valence-corrected chi connectivity index (χ0v) is 12.5. The molecule has 2 rings (SSSR count). The molecule has 1 fully saturated rings. The molecule has 1 saturated heterocycles. The van der Waals surface area contributed by atoms with Gasteiger partial charge in [0.1, 0.15) is 0 Å². The van der Waals surface area contributed by atoms with Crippen LogP contribution in [0.2, 0.25) is 0 Å². The van der Waals surface area contributed by atoms with Crippen molar-refractivity contribution in [2.45, 2.75) is 52.1 Å². The van der Waals surface area contributed by atoms with Crippen molar-refractivity contribution in [3.05, 3.63) is 18.0 Å². The molecule has 4 heteroatoms. The first-order valence-electron chi connectivity index (χ1n) is 7.17. The van der Waals surface area contributed by atoms with Crippen LogP contribution in [-0.4, -0.2) is 34.1 Å². The van der Waals surface area contributed by atoms with E-state index in [1.165, 1.54) is 19.3 Å². The minimum absolute atomic E-state index is 0.274. The van der Waals surface area contributed by atoms with E-state index in [2.05, 4.69) is 35.6 Å². The van der Waals surface area contributed by atoms with Crippen molar-refractivity contribution >= 4 is 0 Å². The molecule has 0 radical (unpaired) electrons.